The smallest absolute Gasteiger partial charge is 0.229 e. The quantitative estimate of drug-likeness (QED) is 0.741. The Hall–Kier alpha value is -3.12. The number of carbonyl (C=O) groups excluding carboxylic acids is 1. The van der Waals surface area contributed by atoms with Crippen LogP contribution in [-0.4, -0.2) is 34.8 Å². The van der Waals surface area contributed by atoms with Crippen LogP contribution in [0.15, 0.2) is 53.1 Å². The topological polar surface area (TPSA) is 75.6 Å². The Balaban J connectivity index is 1.48. The highest BCUT2D eigenvalue weighted by atomic mass is 16.3. The molecule has 0 fully saturated rings. The van der Waals surface area contributed by atoms with Crippen LogP contribution in [0.2, 0.25) is 0 Å². The lowest BCUT2D eigenvalue weighted by molar-refractivity contribution is -0.131. The van der Waals surface area contributed by atoms with E-state index in [1.807, 2.05) is 17.0 Å². The number of anilines is 1. The second-order valence-electron chi connectivity index (χ2n) is 7.48. The van der Waals surface area contributed by atoms with Crippen molar-refractivity contribution in [2.75, 3.05) is 19.8 Å². The number of carbonyl (C=O) groups is 1. The van der Waals surface area contributed by atoms with Crippen LogP contribution < -0.4 is 5.73 Å². The van der Waals surface area contributed by atoms with Gasteiger partial charge >= 0.3 is 0 Å². The van der Waals surface area contributed by atoms with Crippen LogP contribution >= 0.6 is 0 Å². The zero-order valence-electron chi connectivity index (χ0n) is 16.2. The van der Waals surface area contributed by atoms with Gasteiger partial charge < -0.3 is 20.0 Å². The molecular weight excluding hydrogens is 352 g/mol. The second-order valence-corrected chi connectivity index (χ2v) is 7.48. The number of hydrogen-bond acceptors (Lipinski definition) is 5. The number of benzene rings is 1. The molecule has 1 aliphatic heterocycles. The lowest BCUT2D eigenvalue weighted by Gasteiger charge is -2.16. The van der Waals surface area contributed by atoms with Crippen LogP contribution in [0.1, 0.15) is 22.4 Å². The van der Waals surface area contributed by atoms with Gasteiger partial charge in [-0.1, -0.05) is 18.2 Å². The molecule has 3 heterocycles. The number of fused-ring (bicyclic) bond motifs is 1. The first-order valence-electron chi connectivity index (χ1n) is 9.32. The van der Waals surface area contributed by atoms with Crippen LogP contribution in [0.25, 0.3) is 11.5 Å². The summed E-state index contributed by atoms with van der Waals surface area (Å²) in [6, 6.07) is 13.7. The van der Waals surface area contributed by atoms with Gasteiger partial charge in [0, 0.05) is 19.6 Å². The lowest BCUT2D eigenvalue weighted by Crippen LogP contribution is -2.27. The molecule has 3 aromatic rings. The Kier molecular flexibility index (Phi) is 4.88. The second kappa shape index (κ2) is 7.48. The first kappa shape index (κ1) is 18.3. The maximum absolute atomic E-state index is 12.9. The van der Waals surface area contributed by atoms with Crippen molar-refractivity contribution in [3.8, 4) is 11.5 Å². The summed E-state index contributed by atoms with van der Waals surface area (Å²) < 4.78 is 5.40. The molecule has 0 saturated carbocycles. The molecular formula is C22H24N4O2. The van der Waals surface area contributed by atoms with Crippen molar-refractivity contribution in [2.45, 2.75) is 26.1 Å². The zero-order valence-corrected chi connectivity index (χ0v) is 16.2. The third kappa shape index (κ3) is 3.77. The number of aromatic nitrogens is 1. The van der Waals surface area contributed by atoms with E-state index in [1.165, 1.54) is 16.7 Å². The van der Waals surface area contributed by atoms with Gasteiger partial charge in [-0.05, 0) is 55.1 Å². The Labute approximate surface area is 164 Å². The van der Waals surface area contributed by atoms with E-state index in [4.69, 9.17) is 10.2 Å². The van der Waals surface area contributed by atoms with Gasteiger partial charge in [0.25, 0.3) is 0 Å². The largest absolute Gasteiger partial charge is 0.463 e. The van der Waals surface area contributed by atoms with E-state index in [0.29, 0.717) is 35.9 Å². The number of nitrogen functional groups attached to an aromatic ring is 1. The maximum Gasteiger partial charge on any atom is 0.229 e. The van der Waals surface area contributed by atoms with Gasteiger partial charge in [0.2, 0.25) is 5.91 Å². The molecule has 0 saturated heterocycles. The number of pyridine rings is 1. The third-order valence-electron chi connectivity index (χ3n) is 4.95. The number of furan rings is 1. The van der Waals surface area contributed by atoms with Crippen LogP contribution in [0.3, 0.4) is 0 Å². The molecule has 2 N–H and O–H groups in total. The summed E-state index contributed by atoms with van der Waals surface area (Å²) >= 11 is 0. The van der Waals surface area contributed by atoms with E-state index in [2.05, 4.69) is 42.2 Å². The number of amides is 1. The third-order valence-corrected chi connectivity index (χ3v) is 4.95. The average molecular weight is 376 g/mol. The molecule has 1 amide bonds. The van der Waals surface area contributed by atoms with Crippen LogP contribution in [0.4, 0.5) is 5.69 Å². The maximum atomic E-state index is 12.9. The van der Waals surface area contributed by atoms with E-state index < -0.39 is 0 Å². The predicted molar refractivity (Wildman–Crippen MR) is 108 cm³/mol. The minimum Gasteiger partial charge on any atom is -0.463 e. The van der Waals surface area contributed by atoms with E-state index in [1.54, 1.807) is 18.4 Å². The molecule has 0 atom stereocenters. The van der Waals surface area contributed by atoms with Crippen molar-refractivity contribution in [1.82, 2.24) is 14.8 Å². The SMILES string of the molecule is CN(C)Cc1ccc2c(c1)CN(C(=O)Cc1nc(-c3ccco3)ccc1N)C2. The van der Waals surface area contributed by atoms with Crippen molar-refractivity contribution in [3.05, 3.63) is 71.1 Å². The summed E-state index contributed by atoms with van der Waals surface area (Å²) in [5, 5.41) is 0. The van der Waals surface area contributed by atoms with Crippen molar-refractivity contribution >= 4 is 11.6 Å². The van der Waals surface area contributed by atoms with E-state index >= 15 is 0 Å². The highest BCUT2D eigenvalue weighted by molar-refractivity contribution is 5.80. The van der Waals surface area contributed by atoms with Gasteiger partial charge in [-0.2, -0.15) is 0 Å². The normalized spacial score (nSPS) is 13.2. The molecule has 4 rings (SSSR count). The molecule has 2 aromatic heterocycles. The van der Waals surface area contributed by atoms with Crippen LogP contribution in [0.5, 0.6) is 0 Å². The summed E-state index contributed by atoms with van der Waals surface area (Å²) in [5.74, 6) is 0.692. The van der Waals surface area contributed by atoms with E-state index in [9.17, 15) is 4.79 Å². The summed E-state index contributed by atoms with van der Waals surface area (Å²) in [5.41, 5.74) is 11.5. The fraction of sp³-hybridized carbons (Fsp3) is 0.273. The van der Waals surface area contributed by atoms with Crippen molar-refractivity contribution in [2.24, 2.45) is 0 Å². The van der Waals surface area contributed by atoms with Gasteiger partial charge in [0.15, 0.2) is 5.76 Å². The number of rotatable bonds is 5. The first-order valence-corrected chi connectivity index (χ1v) is 9.32. The lowest BCUT2D eigenvalue weighted by atomic mass is 10.1. The van der Waals surface area contributed by atoms with E-state index in [0.717, 1.165) is 6.54 Å². The van der Waals surface area contributed by atoms with Gasteiger partial charge in [0.05, 0.1) is 24.1 Å². The fourth-order valence-corrected chi connectivity index (χ4v) is 3.56. The predicted octanol–water partition coefficient (Wildman–Crippen LogP) is 3.07. The molecule has 6 nitrogen and oxygen atoms in total. The molecule has 6 heteroatoms. The van der Waals surface area contributed by atoms with Crippen molar-refractivity contribution in [1.29, 1.82) is 0 Å². The Morgan fingerprint density at radius 1 is 1.18 bits per heavy atom. The number of hydrogen-bond donors (Lipinski definition) is 1. The summed E-state index contributed by atoms with van der Waals surface area (Å²) in [7, 11) is 4.11. The molecule has 0 bridgehead atoms. The Morgan fingerprint density at radius 3 is 2.75 bits per heavy atom. The summed E-state index contributed by atoms with van der Waals surface area (Å²) in [6.07, 6.45) is 1.78. The van der Waals surface area contributed by atoms with Gasteiger partial charge in [0.1, 0.15) is 5.69 Å². The molecule has 28 heavy (non-hydrogen) atoms. The van der Waals surface area contributed by atoms with Crippen LogP contribution in [0, 0.1) is 0 Å². The minimum absolute atomic E-state index is 0.0288. The Bertz CT molecular complexity index is 996. The summed E-state index contributed by atoms with van der Waals surface area (Å²) in [6.45, 7) is 2.16. The number of nitrogens with two attached hydrogens (primary N) is 1. The van der Waals surface area contributed by atoms with Crippen molar-refractivity contribution in [3.63, 3.8) is 0 Å². The fourth-order valence-electron chi connectivity index (χ4n) is 3.56. The summed E-state index contributed by atoms with van der Waals surface area (Å²) in [4.78, 5) is 21.4. The first-order chi connectivity index (χ1) is 13.5. The molecule has 1 aromatic carbocycles. The zero-order chi connectivity index (χ0) is 19.7. The molecule has 144 valence electrons. The molecule has 0 radical (unpaired) electrons. The molecule has 0 spiro atoms. The van der Waals surface area contributed by atoms with E-state index in [-0.39, 0.29) is 12.3 Å². The molecule has 0 unspecified atom stereocenters. The standard InChI is InChI=1S/C22H24N4O2/c1-25(2)12-15-5-6-16-13-26(14-17(16)10-15)22(27)11-20-18(23)7-8-19(24-20)21-4-3-9-28-21/h3-10H,11-14,23H2,1-2H3. The van der Waals surface area contributed by atoms with Crippen LogP contribution in [-0.2, 0) is 30.8 Å². The van der Waals surface area contributed by atoms with Gasteiger partial charge in [-0.25, -0.2) is 4.98 Å². The highest BCUT2D eigenvalue weighted by Crippen LogP contribution is 2.26. The highest BCUT2D eigenvalue weighted by Gasteiger charge is 2.24. The Morgan fingerprint density at radius 2 is 2.00 bits per heavy atom. The molecule has 0 aliphatic carbocycles. The average Bonchev–Trinajstić information content (AvgIpc) is 3.32. The minimum atomic E-state index is 0.0288. The number of nitrogens with zero attached hydrogens (tertiary/aromatic N) is 3. The van der Waals surface area contributed by atoms with Crippen molar-refractivity contribution < 1.29 is 9.21 Å². The monoisotopic (exact) mass is 376 g/mol. The molecule has 1 aliphatic rings. The van der Waals surface area contributed by atoms with Gasteiger partial charge in [-0.15, -0.1) is 0 Å². The van der Waals surface area contributed by atoms with Gasteiger partial charge in [-0.3, -0.25) is 4.79 Å².